The predicted molar refractivity (Wildman–Crippen MR) is 53.2 cm³/mol. The Morgan fingerprint density at radius 3 is 2.46 bits per heavy atom. The number of halogens is 1. The number of aromatic hydroxyl groups is 1. The van der Waals surface area contributed by atoms with Crippen LogP contribution < -0.4 is 0 Å². The molecule has 0 radical (unpaired) electrons. The van der Waals surface area contributed by atoms with E-state index in [2.05, 4.69) is 0 Å². The van der Waals surface area contributed by atoms with Gasteiger partial charge in [-0.15, -0.1) is 0 Å². The fourth-order valence-electron chi connectivity index (χ4n) is 1.02. The maximum atomic E-state index is 9.19. The number of benzene rings is 1. The van der Waals surface area contributed by atoms with Crippen molar-refractivity contribution < 1.29 is 10.2 Å². The molecule has 0 spiro atoms. The highest BCUT2D eigenvalue weighted by molar-refractivity contribution is 6.32. The van der Waals surface area contributed by atoms with Gasteiger partial charge in [0.1, 0.15) is 5.75 Å². The SMILES string of the molecule is CC(C)(CO)c1ccc(O)c(Cl)c1. The van der Waals surface area contributed by atoms with Crippen LogP contribution in [0.1, 0.15) is 19.4 Å². The van der Waals surface area contributed by atoms with Crippen molar-refractivity contribution in [2.24, 2.45) is 0 Å². The van der Waals surface area contributed by atoms with Crippen LogP contribution in [0.5, 0.6) is 5.75 Å². The number of phenols is 1. The second kappa shape index (κ2) is 3.56. The summed E-state index contributed by atoms with van der Waals surface area (Å²) in [6, 6.07) is 4.97. The molecule has 0 aliphatic carbocycles. The first-order valence-electron chi connectivity index (χ1n) is 4.07. The van der Waals surface area contributed by atoms with Gasteiger partial charge in [-0.25, -0.2) is 0 Å². The molecule has 72 valence electrons. The molecule has 13 heavy (non-hydrogen) atoms. The first-order chi connectivity index (χ1) is 5.97. The lowest BCUT2D eigenvalue weighted by Gasteiger charge is -2.22. The van der Waals surface area contributed by atoms with Gasteiger partial charge in [0.15, 0.2) is 0 Å². The zero-order valence-electron chi connectivity index (χ0n) is 7.71. The maximum Gasteiger partial charge on any atom is 0.134 e. The minimum absolute atomic E-state index is 0.0497. The summed E-state index contributed by atoms with van der Waals surface area (Å²) >= 11 is 5.75. The Hall–Kier alpha value is -0.730. The Morgan fingerprint density at radius 2 is 2.00 bits per heavy atom. The first-order valence-corrected chi connectivity index (χ1v) is 4.45. The Bertz CT molecular complexity index is 308. The number of aliphatic hydroxyl groups is 1. The van der Waals surface area contributed by atoms with Crippen molar-refractivity contribution in [3.8, 4) is 5.75 Å². The molecule has 0 saturated carbocycles. The smallest absolute Gasteiger partial charge is 0.134 e. The lowest BCUT2D eigenvalue weighted by Crippen LogP contribution is -2.21. The lowest BCUT2D eigenvalue weighted by atomic mass is 9.86. The average molecular weight is 201 g/mol. The largest absolute Gasteiger partial charge is 0.506 e. The molecule has 0 aliphatic heterocycles. The normalized spacial score (nSPS) is 11.7. The molecule has 1 aromatic carbocycles. The fraction of sp³-hybridized carbons (Fsp3) is 0.400. The number of hydrogen-bond donors (Lipinski definition) is 2. The maximum absolute atomic E-state index is 9.19. The molecule has 0 amide bonds. The van der Waals surface area contributed by atoms with Crippen molar-refractivity contribution >= 4 is 11.6 Å². The number of hydrogen-bond acceptors (Lipinski definition) is 2. The Labute approximate surface area is 82.8 Å². The zero-order chi connectivity index (χ0) is 10.1. The molecule has 0 aliphatic rings. The van der Waals surface area contributed by atoms with Crippen molar-refractivity contribution in [2.75, 3.05) is 6.61 Å². The van der Waals surface area contributed by atoms with E-state index < -0.39 is 0 Å². The standard InChI is InChI=1S/C10H13ClO2/c1-10(2,6-12)7-3-4-9(13)8(11)5-7/h3-5,12-13H,6H2,1-2H3. The van der Waals surface area contributed by atoms with E-state index in [1.165, 1.54) is 6.07 Å². The molecule has 0 atom stereocenters. The van der Waals surface area contributed by atoms with E-state index >= 15 is 0 Å². The summed E-state index contributed by atoms with van der Waals surface area (Å²) in [4.78, 5) is 0. The lowest BCUT2D eigenvalue weighted by molar-refractivity contribution is 0.218. The molecular weight excluding hydrogens is 188 g/mol. The van der Waals surface area contributed by atoms with Crippen LogP contribution in [0.4, 0.5) is 0 Å². The third-order valence-corrected chi connectivity index (χ3v) is 2.43. The number of aliphatic hydroxyl groups excluding tert-OH is 1. The van der Waals surface area contributed by atoms with E-state index in [0.29, 0.717) is 5.02 Å². The van der Waals surface area contributed by atoms with Gasteiger partial charge in [-0.1, -0.05) is 31.5 Å². The quantitative estimate of drug-likeness (QED) is 0.769. The molecule has 0 heterocycles. The van der Waals surface area contributed by atoms with Crippen molar-refractivity contribution in [3.63, 3.8) is 0 Å². The molecule has 0 aromatic heterocycles. The Morgan fingerprint density at radius 1 is 1.38 bits per heavy atom. The van der Waals surface area contributed by atoms with Gasteiger partial charge in [0.2, 0.25) is 0 Å². The van der Waals surface area contributed by atoms with E-state index in [4.69, 9.17) is 16.7 Å². The van der Waals surface area contributed by atoms with Crippen molar-refractivity contribution in [1.29, 1.82) is 0 Å². The van der Waals surface area contributed by atoms with E-state index in [-0.39, 0.29) is 17.8 Å². The highest BCUT2D eigenvalue weighted by atomic mass is 35.5. The number of phenolic OH excluding ortho intramolecular Hbond substituents is 1. The van der Waals surface area contributed by atoms with Crippen LogP contribution >= 0.6 is 11.6 Å². The summed E-state index contributed by atoms with van der Waals surface area (Å²) in [7, 11) is 0. The Balaban J connectivity index is 3.10. The second-order valence-electron chi connectivity index (χ2n) is 3.71. The predicted octanol–water partition coefficient (Wildman–Crippen LogP) is 2.32. The second-order valence-corrected chi connectivity index (χ2v) is 4.12. The van der Waals surface area contributed by atoms with Gasteiger partial charge in [0.05, 0.1) is 11.6 Å². The molecule has 0 saturated heterocycles. The summed E-state index contributed by atoms with van der Waals surface area (Å²) in [5.41, 5.74) is 0.593. The summed E-state index contributed by atoms with van der Waals surface area (Å²) in [5.74, 6) is 0.0687. The van der Waals surface area contributed by atoms with Gasteiger partial charge in [-0.05, 0) is 17.7 Å². The molecule has 0 fully saturated rings. The van der Waals surface area contributed by atoms with Crippen LogP contribution in [0.3, 0.4) is 0 Å². The molecule has 1 rings (SSSR count). The van der Waals surface area contributed by atoms with Crippen LogP contribution in [0.25, 0.3) is 0 Å². The van der Waals surface area contributed by atoms with Gasteiger partial charge < -0.3 is 10.2 Å². The van der Waals surface area contributed by atoms with Crippen molar-refractivity contribution in [2.45, 2.75) is 19.3 Å². The van der Waals surface area contributed by atoms with E-state index in [0.717, 1.165) is 5.56 Å². The third kappa shape index (κ3) is 2.14. The van der Waals surface area contributed by atoms with Crippen LogP contribution in [-0.4, -0.2) is 16.8 Å². The van der Waals surface area contributed by atoms with Crippen molar-refractivity contribution in [1.82, 2.24) is 0 Å². The monoisotopic (exact) mass is 200 g/mol. The topological polar surface area (TPSA) is 40.5 Å². The Kier molecular flexibility index (Phi) is 2.84. The number of rotatable bonds is 2. The van der Waals surface area contributed by atoms with E-state index in [9.17, 15) is 5.11 Å². The first kappa shape index (κ1) is 10.4. The molecule has 2 N–H and O–H groups in total. The molecular formula is C10H13ClO2. The average Bonchev–Trinajstić information content (AvgIpc) is 2.09. The van der Waals surface area contributed by atoms with Crippen LogP contribution in [0, 0.1) is 0 Å². The van der Waals surface area contributed by atoms with Gasteiger partial charge >= 0.3 is 0 Å². The van der Waals surface area contributed by atoms with Gasteiger partial charge in [-0.3, -0.25) is 0 Å². The minimum Gasteiger partial charge on any atom is -0.506 e. The highest BCUT2D eigenvalue weighted by Gasteiger charge is 2.19. The summed E-state index contributed by atoms with van der Waals surface area (Å²) < 4.78 is 0. The summed E-state index contributed by atoms with van der Waals surface area (Å²) in [5, 5.41) is 18.6. The zero-order valence-corrected chi connectivity index (χ0v) is 8.47. The van der Waals surface area contributed by atoms with E-state index in [1.54, 1.807) is 12.1 Å². The van der Waals surface area contributed by atoms with Gasteiger partial charge in [-0.2, -0.15) is 0 Å². The minimum atomic E-state index is -0.322. The third-order valence-electron chi connectivity index (χ3n) is 2.12. The molecule has 0 bridgehead atoms. The van der Waals surface area contributed by atoms with E-state index in [1.807, 2.05) is 13.8 Å². The molecule has 0 unspecified atom stereocenters. The summed E-state index contributed by atoms with van der Waals surface area (Å²) in [6.45, 7) is 3.87. The van der Waals surface area contributed by atoms with Crippen LogP contribution in [0.2, 0.25) is 5.02 Å². The highest BCUT2D eigenvalue weighted by Crippen LogP contribution is 2.30. The van der Waals surface area contributed by atoms with Crippen LogP contribution in [-0.2, 0) is 5.41 Å². The van der Waals surface area contributed by atoms with Gasteiger partial charge in [0, 0.05) is 5.41 Å². The summed E-state index contributed by atoms with van der Waals surface area (Å²) in [6.07, 6.45) is 0. The van der Waals surface area contributed by atoms with Crippen molar-refractivity contribution in [3.05, 3.63) is 28.8 Å². The molecule has 3 heteroatoms. The van der Waals surface area contributed by atoms with Gasteiger partial charge in [0.25, 0.3) is 0 Å². The molecule has 2 nitrogen and oxygen atoms in total. The van der Waals surface area contributed by atoms with Crippen LogP contribution in [0.15, 0.2) is 18.2 Å². The fourth-order valence-corrected chi connectivity index (χ4v) is 1.20. The molecule has 1 aromatic rings.